The number of aliphatic hydroxyl groups excluding tert-OH is 1. The smallest absolute Gasteiger partial charge is 0.223 e. The van der Waals surface area contributed by atoms with Gasteiger partial charge in [-0.05, 0) is 48.8 Å². The number of hydrogen-bond acceptors (Lipinski definition) is 6. The minimum Gasteiger partial charge on any atom is -0.394 e. The Kier molecular flexibility index (Phi) is 10.1. The van der Waals surface area contributed by atoms with Crippen molar-refractivity contribution in [2.24, 2.45) is 0 Å². The summed E-state index contributed by atoms with van der Waals surface area (Å²) in [5.74, 6) is -0.133. The number of ether oxygens (including phenoxy) is 1. The molecule has 1 amide bonds. The zero-order chi connectivity index (χ0) is 22.6. The molecule has 1 aromatic carbocycles. The SMILES string of the molecule is C/C=C(\C=C/N(C=O)C(CO)c1ccc(Cl)c(F)c1)c1ccnc(NCCCOC)n1. The van der Waals surface area contributed by atoms with E-state index in [9.17, 15) is 14.3 Å². The zero-order valence-corrected chi connectivity index (χ0v) is 18.2. The van der Waals surface area contributed by atoms with Crippen molar-refractivity contribution >= 4 is 29.5 Å². The van der Waals surface area contributed by atoms with Crippen molar-refractivity contribution in [3.8, 4) is 0 Å². The maximum absolute atomic E-state index is 13.8. The van der Waals surface area contributed by atoms with Gasteiger partial charge in [0.1, 0.15) is 5.82 Å². The van der Waals surface area contributed by atoms with Crippen molar-refractivity contribution in [1.82, 2.24) is 14.9 Å². The van der Waals surface area contributed by atoms with Crippen molar-refractivity contribution in [3.63, 3.8) is 0 Å². The summed E-state index contributed by atoms with van der Waals surface area (Å²) in [7, 11) is 1.65. The molecule has 2 N–H and O–H groups in total. The van der Waals surface area contributed by atoms with Crippen LogP contribution in [0.2, 0.25) is 5.02 Å². The molecule has 9 heteroatoms. The van der Waals surface area contributed by atoms with E-state index in [0.29, 0.717) is 36.8 Å². The highest BCUT2D eigenvalue weighted by molar-refractivity contribution is 6.30. The number of benzene rings is 1. The molecule has 0 fully saturated rings. The normalized spacial score (nSPS) is 12.7. The third-order valence-electron chi connectivity index (χ3n) is 4.48. The Balaban J connectivity index is 2.17. The number of carbonyl (C=O) groups is 1. The minimum absolute atomic E-state index is 0.0276. The number of halogens is 2. The van der Waals surface area contributed by atoms with Crippen LogP contribution in [0.1, 0.15) is 30.6 Å². The highest BCUT2D eigenvalue weighted by Gasteiger charge is 2.18. The second-order valence-electron chi connectivity index (χ2n) is 6.52. The third-order valence-corrected chi connectivity index (χ3v) is 4.79. The predicted octanol–water partition coefficient (Wildman–Crippen LogP) is 3.83. The van der Waals surface area contributed by atoms with Gasteiger partial charge in [-0.3, -0.25) is 4.79 Å². The molecule has 31 heavy (non-hydrogen) atoms. The number of rotatable bonds is 12. The van der Waals surface area contributed by atoms with Crippen molar-refractivity contribution in [2.45, 2.75) is 19.4 Å². The van der Waals surface area contributed by atoms with Gasteiger partial charge in [0.15, 0.2) is 0 Å². The number of amides is 1. The first-order valence-corrected chi connectivity index (χ1v) is 10.1. The molecule has 1 heterocycles. The van der Waals surface area contributed by atoms with Gasteiger partial charge in [-0.2, -0.15) is 0 Å². The Morgan fingerprint density at radius 1 is 1.42 bits per heavy atom. The molecule has 1 atom stereocenters. The minimum atomic E-state index is -0.762. The third kappa shape index (κ3) is 7.13. The molecule has 2 rings (SSSR count). The number of hydrogen-bond donors (Lipinski definition) is 2. The number of nitrogens with zero attached hydrogens (tertiary/aromatic N) is 3. The van der Waals surface area contributed by atoms with E-state index in [0.717, 1.165) is 12.0 Å². The van der Waals surface area contributed by atoms with Crippen LogP contribution in [-0.2, 0) is 9.53 Å². The monoisotopic (exact) mass is 448 g/mol. The van der Waals surface area contributed by atoms with Crippen LogP contribution in [0.25, 0.3) is 5.57 Å². The van der Waals surface area contributed by atoms with Gasteiger partial charge in [0.05, 0.1) is 23.4 Å². The maximum Gasteiger partial charge on any atom is 0.223 e. The molecule has 166 valence electrons. The molecule has 2 aromatic rings. The van der Waals surface area contributed by atoms with Crippen LogP contribution in [0.5, 0.6) is 0 Å². The van der Waals surface area contributed by atoms with Crippen LogP contribution in [0.4, 0.5) is 10.3 Å². The standard InChI is InChI=1S/C22H26ClFN4O3/c1-3-16(20-7-10-26-22(27-20)25-9-4-12-31-2)8-11-28(15-30)21(14-29)17-5-6-18(23)19(24)13-17/h3,5-8,10-11,13,15,21,29H,4,9,12,14H2,1-2H3,(H,25,26,27)/b11-8-,16-3+. The van der Waals surface area contributed by atoms with E-state index in [1.165, 1.54) is 23.2 Å². The van der Waals surface area contributed by atoms with E-state index in [1.807, 2.05) is 13.0 Å². The number of carbonyl (C=O) groups excluding carboxylic acids is 1. The molecule has 0 saturated heterocycles. The van der Waals surface area contributed by atoms with Crippen LogP contribution in [-0.4, -0.2) is 53.3 Å². The van der Waals surface area contributed by atoms with Crippen molar-refractivity contribution in [2.75, 3.05) is 32.2 Å². The van der Waals surface area contributed by atoms with Gasteiger partial charge in [-0.25, -0.2) is 14.4 Å². The molecule has 0 aliphatic carbocycles. The first-order valence-electron chi connectivity index (χ1n) is 9.73. The van der Waals surface area contributed by atoms with Crippen molar-refractivity contribution in [1.29, 1.82) is 0 Å². The van der Waals surface area contributed by atoms with Gasteiger partial charge in [0.25, 0.3) is 0 Å². The number of anilines is 1. The fraction of sp³-hybridized carbons (Fsp3) is 0.318. The van der Waals surface area contributed by atoms with Crippen LogP contribution < -0.4 is 5.32 Å². The Bertz CT molecular complexity index is 923. The molecule has 0 saturated carbocycles. The summed E-state index contributed by atoms with van der Waals surface area (Å²) in [5, 5.41) is 12.9. The molecule has 0 aliphatic rings. The summed E-state index contributed by atoms with van der Waals surface area (Å²) in [4.78, 5) is 21.6. The zero-order valence-electron chi connectivity index (χ0n) is 17.5. The average molecular weight is 449 g/mol. The van der Waals surface area contributed by atoms with E-state index in [2.05, 4.69) is 15.3 Å². The molecule has 1 unspecified atom stereocenters. The Morgan fingerprint density at radius 3 is 2.87 bits per heavy atom. The predicted molar refractivity (Wildman–Crippen MR) is 119 cm³/mol. The summed E-state index contributed by atoms with van der Waals surface area (Å²) in [6, 6.07) is 5.15. The highest BCUT2D eigenvalue weighted by atomic mass is 35.5. The second-order valence-corrected chi connectivity index (χ2v) is 6.93. The molecule has 7 nitrogen and oxygen atoms in total. The van der Waals surface area contributed by atoms with E-state index < -0.39 is 18.5 Å². The van der Waals surface area contributed by atoms with E-state index >= 15 is 0 Å². The van der Waals surface area contributed by atoms with Gasteiger partial charge in [-0.1, -0.05) is 23.7 Å². The van der Waals surface area contributed by atoms with E-state index in [1.54, 1.807) is 31.5 Å². The van der Waals surface area contributed by atoms with Crippen LogP contribution in [0.15, 0.2) is 48.8 Å². The lowest BCUT2D eigenvalue weighted by atomic mass is 10.1. The lowest BCUT2D eigenvalue weighted by Gasteiger charge is -2.24. The Labute approximate surface area is 186 Å². The van der Waals surface area contributed by atoms with Gasteiger partial charge >= 0.3 is 0 Å². The van der Waals surface area contributed by atoms with Gasteiger partial charge in [-0.15, -0.1) is 0 Å². The number of aromatic nitrogens is 2. The van der Waals surface area contributed by atoms with Crippen LogP contribution in [0, 0.1) is 5.82 Å². The lowest BCUT2D eigenvalue weighted by molar-refractivity contribution is -0.118. The largest absolute Gasteiger partial charge is 0.394 e. The molecular weight excluding hydrogens is 423 g/mol. The topological polar surface area (TPSA) is 87.6 Å². The number of nitrogens with one attached hydrogen (secondary N) is 1. The fourth-order valence-corrected chi connectivity index (χ4v) is 2.94. The van der Waals surface area contributed by atoms with Crippen molar-refractivity contribution < 1.29 is 19.0 Å². The molecule has 0 spiro atoms. The molecule has 0 bridgehead atoms. The van der Waals surface area contributed by atoms with E-state index in [-0.39, 0.29) is 5.02 Å². The summed E-state index contributed by atoms with van der Waals surface area (Å²) in [5.41, 5.74) is 1.83. The summed E-state index contributed by atoms with van der Waals surface area (Å²) in [6.45, 7) is 2.77. The van der Waals surface area contributed by atoms with Gasteiger partial charge in [0, 0.05) is 32.7 Å². The first-order chi connectivity index (χ1) is 15.0. The maximum atomic E-state index is 13.8. The molecule has 1 aromatic heterocycles. The Hall–Kier alpha value is -2.81. The number of allylic oxidation sites excluding steroid dienone is 3. The molecular formula is C22H26ClFN4O3. The Morgan fingerprint density at radius 2 is 2.23 bits per heavy atom. The van der Waals surface area contributed by atoms with Crippen molar-refractivity contribution in [3.05, 3.63) is 70.9 Å². The van der Waals surface area contributed by atoms with Crippen LogP contribution in [0.3, 0.4) is 0 Å². The second kappa shape index (κ2) is 12.8. The summed E-state index contributed by atoms with van der Waals surface area (Å²) in [6.07, 6.45) is 8.09. The molecule has 0 aliphatic heterocycles. The highest BCUT2D eigenvalue weighted by Crippen LogP contribution is 2.25. The fourth-order valence-electron chi connectivity index (χ4n) is 2.82. The van der Waals surface area contributed by atoms with Crippen LogP contribution >= 0.6 is 11.6 Å². The summed E-state index contributed by atoms with van der Waals surface area (Å²) >= 11 is 5.73. The van der Waals surface area contributed by atoms with E-state index in [4.69, 9.17) is 16.3 Å². The van der Waals surface area contributed by atoms with Gasteiger partial charge < -0.3 is 20.1 Å². The molecule has 0 radical (unpaired) electrons. The average Bonchev–Trinajstić information content (AvgIpc) is 2.79. The first kappa shape index (κ1) is 24.5. The summed E-state index contributed by atoms with van der Waals surface area (Å²) < 4.78 is 18.8. The van der Waals surface area contributed by atoms with Gasteiger partial charge in [0.2, 0.25) is 12.4 Å². The quantitative estimate of drug-likeness (QED) is 0.291. The lowest BCUT2D eigenvalue weighted by Crippen LogP contribution is -2.25. The number of methoxy groups -OCH3 is 1. The number of aliphatic hydroxyl groups is 1.